The molecule has 0 saturated heterocycles. The van der Waals surface area contributed by atoms with Gasteiger partial charge in [-0.05, 0) is 23.8 Å². The average molecular weight is 340 g/mol. The van der Waals surface area contributed by atoms with E-state index in [4.69, 9.17) is 16.1 Å². The van der Waals surface area contributed by atoms with Crippen LogP contribution < -0.4 is 5.32 Å². The number of amides is 1. The number of hydrogen-bond donors (Lipinski definition) is 1. The number of halogens is 1. The summed E-state index contributed by atoms with van der Waals surface area (Å²) in [7, 11) is 0. The molecular formula is C18H14ClN3O2. The maximum absolute atomic E-state index is 11.8. The van der Waals surface area contributed by atoms with Crippen LogP contribution in [0.5, 0.6) is 0 Å². The van der Waals surface area contributed by atoms with Crippen LogP contribution in [0.3, 0.4) is 0 Å². The van der Waals surface area contributed by atoms with Gasteiger partial charge in [0.15, 0.2) is 0 Å². The fraction of sp³-hybridized carbons (Fsp3) is 0.0556. The molecule has 0 bridgehead atoms. The summed E-state index contributed by atoms with van der Waals surface area (Å²) in [5.74, 6) is 0.600. The maximum Gasteiger partial charge on any atom is 0.246 e. The minimum absolute atomic E-state index is 0.170. The molecule has 6 heteroatoms. The summed E-state index contributed by atoms with van der Waals surface area (Å²) in [5, 5.41) is 7.25. The van der Waals surface area contributed by atoms with Crippen molar-refractivity contribution in [1.82, 2.24) is 15.5 Å². The normalized spacial score (nSPS) is 10.9. The number of aromatic nitrogens is 2. The van der Waals surface area contributed by atoms with Gasteiger partial charge in [-0.15, -0.1) is 0 Å². The van der Waals surface area contributed by atoms with Crippen molar-refractivity contribution in [3.05, 3.63) is 77.2 Å². The van der Waals surface area contributed by atoms with Gasteiger partial charge in [-0.3, -0.25) is 4.79 Å². The van der Waals surface area contributed by atoms with Crippen LogP contribution in [-0.2, 0) is 11.3 Å². The molecule has 120 valence electrons. The van der Waals surface area contributed by atoms with E-state index in [0.29, 0.717) is 16.7 Å². The number of hydrogen-bond acceptors (Lipinski definition) is 4. The Morgan fingerprint density at radius 1 is 1.12 bits per heavy atom. The molecule has 0 spiro atoms. The number of nitrogens with one attached hydrogen (secondary N) is 1. The quantitative estimate of drug-likeness (QED) is 0.719. The van der Waals surface area contributed by atoms with Crippen LogP contribution in [0, 0.1) is 0 Å². The highest BCUT2D eigenvalue weighted by molar-refractivity contribution is 6.30. The minimum atomic E-state index is -0.246. The summed E-state index contributed by atoms with van der Waals surface area (Å²) in [6, 6.07) is 16.7. The van der Waals surface area contributed by atoms with Crippen LogP contribution in [0.2, 0.25) is 5.02 Å². The highest BCUT2D eigenvalue weighted by Crippen LogP contribution is 2.14. The highest BCUT2D eigenvalue weighted by atomic mass is 35.5. The van der Waals surface area contributed by atoms with Crippen LogP contribution in [0.15, 0.2) is 65.2 Å². The van der Waals surface area contributed by atoms with Crippen LogP contribution in [0.1, 0.15) is 11.5 Å². The van der Waals surface area contributed by atoms with Gasteiger partial charge in [0.1, 0.15) is 0 Å². The van der Waals surface area contributed by atoms with Gasteiger partial charge in [0.05, 0.1) is 6.54 Å². The van der Waals surface area contributed by atoms with Crippen molar-refractivity contribution in [1.29, 1.82) is 0 Å². The largest absolute Gasteiger partial charge is 0.343 e. The van der Waals surface area contributed by atoms with Gasteiger partial charge >= 0.3 is 0 Å². The van der Waals surface area contributed by atoms with E-state index in [0.717, 1.165) is 11.1 Å². The lowest BCUT2D eigenvalue weighted by atomic mass is 10.2. The molecule has 1 heterocycles. The van der Waals surface area contributed by atoms with Crippen molar-refractivity contribution in [2.24, 2.45) is 0 Å². The summed E-state index contributed by atoms with van der Waals surface area (Å²) in [5.41, 5.74) is 1.75. The first-order valence-electron chi connectivity index (χ1n) is 7.30. The fourth-order valence-electron chi connectivity index (χ4n) is 2.00. The molecule has 1 N–H and O–H groups in total. The Balaban J connectivity index is 1.55. The zero-order chi connectivity index (χ0) is 16.8. The van der Waals surface area contributed by atoms with E-state index in [1.807, 2.05) is 42.5 Å². The molecule has 0 unspecified atom stereocenters. The molecule has 0 radical (unpaired) electrons. The van der Waals surface area contributed by atoms with Gasteiger partial charge in [-0.1, -0.05) is 59.2 Å². The van der Waals surface area contributed by atoms with E-state index in [-0.39, 0.29) is 12.5 Å². The van der Waals surface area contributed by atoms with Crippen molar-refractivity contribution in [3.63, 3.8) is 0 Å². The summed E-state index contributed by atoms with van der Waals surface area (Å²) >= 11 is 5.81. The van der Waals surface area contributed by atoms with E-state index >= 15 is 0 Å². The number of nitrogens with zero attached hydrogens (tertiary/aromatic N) is 2. The third-order valence-corrected chi connectivity index (χ3v) is 3.46. The van der Waals surface area contributed by atoms with Crippen LogP contribution in [0.4, 0.5) is 0 Å². The average Bonchev–Trinajstić information content (AvgIpc) is 3.09. The summed E-state index contributed by atoms with van der Waals surface area (Å²) in [4.78, 5) is 16.1. The molecule has 0 fully saturated rings. The molecule has 24 heavy (non-hydrogen) atoms. The topological polar surface area (TPSA) is 68.0 Å². The van der Waals surface area contributed by atoms with Gasteiger partial charge in [-0.25, -0.2) is 0 Å². The Hall–Kier alpha value is -2.92. The number of carbonyl (C=O) groups excluding carboxylic acids is 1. The molecule has 0 aliphatic rings. The summed E-state index contributed by atoms with van der Waals surface area (Å²) in [6.45, 7) is 0.170. The molecule has 1 aromatic heterocycles. The van der Waals surface area contributed by atoms with Gasteiger partial charge in [0.2, 0.25) is 17.6 Å². The molecular weight excluding hydrogens is 326 g/mol. The monoisotopic (exact) mass is 339 g/mol. The van der Waals surface area contributed by atoms with Crippen molar-refractivity contribution >= 4 is 23.6 Å². The fourth-order valence-corrected chi connectivity index (χ4v) is 2.12. The Morgan fingerprint density at radius 3 is 2.62 bits per heavy atom. The van der Waals surface area contributed by atoms with E-state index < -0.39 is 0 Å². The van der Waals surface area contributed by atoms with Crippen LogP contribution in [0.25, 0.3) is 17.5 Å². The maximum atomic E-state index is 11.8. The van der Waals surface area contributed by atoms with Gasteiger partial charge in [0, 0.05) is 16.7 Å². The van der Waals surface area contributed by atoms with Crippen LogP contribution in [-0.4, -0.2) is 16.0 Å². The molecule has 2 aromatic carbocycles. The Bertz CT molecular complexity index is 842. The van der Waals surface area contributed by atoms with Crippen molar-refractivity contribution in [2.45, 2.75) is 6.54 Å². The molecule has 1 amide bonds. The Morgan fingerprint density at radius 2 is 1.88 bits per heavy atom. The first-order valence-corrected chi connectivity index (χ1v) is 7.68. The molecule has 3 aromatic rings. The molecule has 3 rings (SSSR count). The van der Waals surface area contributed by atoms with Crippen molar-refractivity contribution < 1.29 is 9.32 Å². The van der Waals surface area contributed by atoms with Gasteiger partial charge < -0.3 is 9.84 Å². The number of carbonyl (C=O) groups is 1. The lowest BCUT2D eigenvalue weighted by Gasteiger charge is -1.97. The number of benzene rings is 2. The zero-order valence-corrected chi connectivity index (χ0v) is 13.4. The Labute approximate surface area is 144 Å². The lowest BCUT2D eigenvalue weighted by Crippen LogP contribution is -2.20. The van der Waals surface area contributed by atoms with Crippen molar-refractivity contribution in [2.75, 3.05) is 0 Å². The SMILES string of the molecule is O=C(C=Cc1ccc(Cl)cc1)NCc1nc(-c2ccccc2)no1. The van der Waals surface area contributed by atoms with E-state index in [2.05, 4.69) is 15.5 Å². The molecule has 5 nitrogen and oxygen atoms in total. The molecule has 0 saturated carbocycles. The zero-order valence-electron chi connectivity index (χ0n) is 12.6. The lowest BCUT2D eigenvalue weighted by molar-refractivity contribution is -0.116. The standard InChI is InChI=1S/C18H14ClN3O2/c19-15-9-6-13(7-10-15)8-11-16(23)20-12-17-21-18(22-24-17)14-4-2-1-3-5-14/h1-11H,12H2,(H,20,23). The summed E-state index contributed by atoms with van der Waals surface area (Å²) < 4.78 is 5.13. The van der Waals surface area contributed by atoms with Crippen LogP contribution >= 0.6 is 11.6 Å². The minimum Gasteiger partial charge on any atom is -0.343 e. The van der Waals surface area contributed by atoms with Gasteiger partial charge in [-0.2, -0.15) is 4.98 Å². The van der Waals surface area contributed by atoms with Crippen molar-refractivity contribution in [3.8, 4) is 11.4 Å². The molecule has 0 aliphatic heterocycles. The van der Waals surface area contributed by atoms with E-state index in [9.17, 15) is 4.79 Å². The second kappa shape index (κ2) is 7.57. The third-order valence-electron chi connectivity index (χ3n) is 3.21. The first kappa shape index (κ1) is 16.0. The van der Waals surface area contributed by atoms with E-state index in [1.165, 1.54) is 6.08 Å². The second-order valence-corrected chi connectivity index (χ2v) is 5.42. The Kier molecular flexibility index (Phi) is 5.03. The second-order valence-electron chi connectivity index (χ2n) is 4.98. The summed E-state index contributed by atoms with van der Waals surface area (Å²) in [6.07, 6.45) is 3.15. The third kappa shape index (κ3) is 4.30. The first-order chi connectivity index (χ1) is 11.7. The highest BCUT2D eigenvalue weighted by Gasteiger charge is 2.08. The molecule has 0 atom stereocenters. The smallest absolute Gasteiger partial charge is 0.246 e. The number of rotatable bonds is 5. The predicted molar refractivity (Wildman–Crippen MR) is 92.1 cm³/mol. The molecule has 0 aliphatic carbocycles. The van der Waals surface area contributed by atoms with E-state index in [1.54, 1.807) is 18.2 Å². The predicted octanol–water partition coefficient (Wildman–Crippen LogP) is 3.72. The van der Waals surface area contributed by atoms with Gasteiger partial charge in [0.25, 0.3) is 0 Å².